The van der Waals surface area contributed by atoms with Crippen molar-refractivity contribution in [2.24, 2.45) is 0 Å². The summed E-state index contributed by atoms with van der Waals surface area (Å²) in [5.74, 6) is 0.933. The molecular weight excluding hydrogens is 671 g/mol. The zero-order valence-electron chi connectivity index (χ0n) is 32.5. The molecule has 56 heavy (non-hydrogen) atoms. The molecule has 10 rings (SSSR count). The second-order valence-corrected chi connectivity index (χ2v) is 15.3. The molecule has 0 spiro atoms. The van der Waals surface area contributed by atoms with Gasteiger partial charge in [-0.05, 0) is 90.0 Å². The molecule has 9 aromatic carbocycles. The Kier molecular flexibility index (Phi) is 8.15. The van der Waals surface area contributed by atoms with Crippen molar-refractivity contribution in [1.29, 1.82) is 0 Å². The van der Waals surface area contributed by atoms with Crippen LogP contribution in [0.3, 0.4) is 0 Å². The molecule has 0 saturated heterocycles. The number of rotatable bonds is 5. The smallest absolute Gasteiger partial charge is 0.145 e. The number of nitrogens with zero attached hydrogens (tertiary/aromatic N) is 2. The Morgan fingerprint density at radius 2 is 0.786 bits per heavy atom. The normalized spacial score (nSPS) is 11.6. The average molecular weight is 708 g/mol. The first kappa shape index (κ1) is 34.1. The first-order valence-electron chi connectivity index (χ1n) is 19.6. The molecule has 0 aliphatic carbocycles. The third-order valence-electron chi connectivity index (χ3n) is 12.4. The van der Waals surface area contributed by atoms with E-state index in [-0.39, 0.29) is 0 Å². The van der Waals surface area contributed by atoms with Gasteiger partial charge in [0.2, 0.25) is 0 Å². The summed E-state index contributed by atoms with van der Waals surface area (Å²) in [6, 6.07) is 59.8. The van der Waals surface area contributed by atoms with Gasteiger partial charge in [0.15, 0.2) is 0 Å². The largest absolute Gasteiger partial charge is 0.292 e. The van der Waals surface area contributed by atoms with Gasteiger partial charge in [-0.15, -0.1) is 16.4 Å². The fraction of sp³-hybridized carbons (Fsp3) is 0. The molecule has 0 saturated carbocycles. The maximum atomic E-state index is 5.20. The van der Waals surface area contributed by atoms with Crippen LogP contribution < -0.4 is 27.3 Å². The Bertz CT molecular complexity index is 3100. The van der Waals surface area contributed by atoms with E-state index < -0.39 is 0 Å². The number of aromatic nitrogens is 2. The summed E-state index contributed by atoms with van der Waals surface area (Å²) >= 11 is 0. The van der Waals surface area contributed by atoms with E-state index in [0.29, 0.717) is 0 Å². The number of hydrogen-bond acceptors (Lipinski definition) is 1. The summed E-state index contributed by atoms with van der Waals surface area (Å²) in [4.78, 5) is 5.20. The Morgan fingerprint density at radius 3 is 1.34 bits per heavy atom. The lowest BCUT2D eigenvalue weighted by molar-refractivity contribution is 1.11. The van der Waals surface area contributed by atoms with Crippen molar-refractivity contribution in [1.82, 2.24) is 9.55 Å². The van der Waals surface area contributed by atoms with Crippen LogP contribution in [-0.4, -0.2) is 48.8 Å². The fourth-order valence-electron chi connectivity index (χ4n) is 9.07. The van der Waals surface area contributed by atoms with Crippen LogP contribution >= 0.6 is 0 Å². The monoisotopic (exact) mass is 708 g/mol. The summed E-state index contributed by atoms with van der Waals surface area (Å²) < 4.78 is 2.30. The van der Waals surface area contributed by atoms with Crippen LogP contribution in [0.15, 0.2) is 164 Å². The minimum atomic E-state index is 0.933. The van der Waals surface area contributed by atoms with Crippen molar-refractivity contribution in [3.63, 3.8) is 0 Å². The molecule has 7 heteroatoms. The molecule has 0 N–H and O–H groups in total. The summed E-state index contributed by atoms with van der Waals surface area (Å²) in [6.45, 7) is 0. The number of imidazole rings is 1. The molecule has 0 aliphatic heterocycles. The highest BCUT2D eigenvalue weighted by molar-refractivity contribution is 6.68. The Hall–Kier alpha value is -6.45. The van der Waals surface area contributed by atoms with E-state index in [1.54, 1.807) is 0 Å². The fourth-order valence-corrected chi connectivity index (χ4v) is 9.07. The number of hydrogen-bond donors (Lipinski definition) is 0. The van der Waals surface area contributed by atoms with E-state index >= 15 is 0 Å². The highest BCUT2D eigenvalue weighted by Gasteiger charge is 2.19. The van der Waals surface area contributed by atoms with Gasteiger partial charge in [-0.3, -0.25) is 4.57 Å². The van der Waals surface area contributed by atoms with Crippen molar-refractivity contribution in [3.05, 3.63) is 164 Å². The average Bonchev–Trinajstić information content (AvgIpc) is 3.64. The van der Waals surface area contributed by atoms with Crippen molar-refractivity contribution in [2.45, 2.75) is 0 Å². The number of fused-ring (bicyclic) bond motifs is 4. The van der Waals surface area contributed by atoms with Crippen molar-refractivity contribution >= 4 is 110 Å². The third kappa shape index (κ3) is 5.37. The second kappa shape index (κ2) is 13.4. The van der Waals surface area contributed by atoms with E-state index in [9.17, 15) is 0 Å². The van der Waals surface area contributed by atoms with Crippen molar-refractivity contribution in [2.75, 3.05) is 0 Å². The first-order valence-corrected chi connectivity index (χ1v) is 19.6. The van der Waals surface area contributed by atoms with Crippen molar-refractivity contribution in [3.8, 4) is 50.5 Å². The SMILES string of the molecule is Bc1c(B)c(B)c(-c2ccc(-c3c4ccccc4c(-c4ccc(-c5nc6ccccc6n5-c5ccc6ccccc6c5)cc4)c4ccccc34)cc2)c(B)c1B. The van der Waals surface area contributed by atoms with Crippen LogP contribution in [0.5, 0.6) is 0 Å². The van der Waals surface area contributed by atoms with Gasteiger partial charge in [-0.25, -0.2) is 4.98 Å². The zero-order valence-corrected chi connectivity index (χ0v) is 32.5. The topological polar surface area (TPSA) is 17.8 Å². The van der Waals surface area contributed by atoms with Crippen LogP contribution in [0.25, 0.3) is 93.8 Å². The highest BCUT2D eigenvalue weighted by atomic mass is 15.1. The summed E-state index contributed by atoms with van der Waals surface area (Å²) in [7, 11) is 11.3. The molecule has 0 unspecified atom stereocenters. The van der Waals surface area contributed by atoms with Crippen LogP contribution in [0.4, 0.5) is 0 Å². The van der Waals surface area contributed by atoms with E-state index in [0.717, 1.165) is 28.1 Å². The Morgan fingerprint density at radius 1 is 0.357 bits per heavy atom. The maximum Gasteiger partial charge on any atom is 0.145 e. The highest BCUT2D eigenvalue weighted by Crippen LogP contribution is 2.44. The molecular formula is C49H37B5N2. The van der Waals surface area contributed by atoms with Gasteiger partial charge >= 0.3 is 0 Å². The van der Waals surface area contributed by atoms with Crippen LogP contribution in [0.1, 0.15) is 0 Å². The molecule has 10 aromatic rings. The predicted octanol–water partition coefficient (Wildman–Crippen LogP) is 4.45. The number of para-hydroxylation sites is 2. The standard InChI is InChI=1S/C49H37B5N2/c50-44-43(45(51)47(53)48(54)46(44)52)31-19-17-29(18-20-31)41-35-11-3-5-13-37(35)42(38-14-6-4-12-36(38)41)30-21-23-32(24-22-30)49-55-39-15-7-8-16-40(39)56(49)34-26-25-28-9-1-2-10-33(28)27-34/h1-27H,50-54H2. The minimum Gasteiger partial charge on any atom is -0.292 e. The van der Waals surface area contributed by atoms with Crippen LogP contribution in [0.2, 0.25) is 0 Å². The van der Waals surface area contributed by atoms with E-state index in [1.165, 1.54) is 93.0 Å². The lowest BCUT2D eigenvalue weighted by Crippen LogP contribution is -2.55. The summed E-state index contributed by atoms with van der Waals surface area (Å²) in [5, 5.41) is 7.45. The van der Waals surface area contributed by atoms with E-state index in [2.05, 4.69) is 208 Å². The first-order chi connectivity index (χ1) is 27.4. The zero-order chi connectivity index (χ0) is 38.1. The molecule has 0 aliphatic rings. The van der Waals surface area contributed by atoms with Gasteiger partial charge in [0, 0.05) is 11.3 Å². The lowest BCUT2D eigenvalue weighted by atomic mass is 9.59. The molecule has 0 radical (unpaired) electrons. The molecule has 0 fully saturated rings. The molecule has 1 heterocycles. The molecule has 0 bridgehead atoms. The van der Waals surface area contributed by atoms with E-state index in [1.807, 2.05) is 0 Å². The molecule has 1 aromatic heterocycles. The molecule has 0 amide bonds. The summed E-state index contributed by atoms with van der Waals surface area (Å²) in [6.07, 6.45) is 0. The van der Waals surface area contributed by atoms with Gasteiger partial charge in [0.25, 0.3) is 0 Å². The van der Waals surface area contributed by atoms with Crippen molar-refractivity contribution < 1.29 is 0 Å². The van der Waals surface area contributed by atoms with Gasteiger partial charge in [0.05, 0.1) is 11.0 Å². The second-order valence-electron chi connectivity index (χ2n) is 15.3. The van der Waals surface area contributed by atoms with Gasteiger partial charge in [-0.2, -0.15) is 0 Å². The van der Waals surface area contributed by atoms with Gasteiger partial charge in [-0.1, -0.05) is 150 Å². The van der Waals surface area contributed by atoms with Crippen LogP contribution in [-0.2, 0) is 0 Å². The minimum absolute atomic E-state index is 0.933. The summed E-state index contributed by atoms with van der Waals surface area (Å²) in [5.41, 5.74) is 18.7. The molecule has 0 atom stereocenters. The lowest BCUT2D eigenvalue weighted by Gasteiger charge is -2.21. The van der Waals surface area contributed by atoms with Gasteiger partial charge < -0.3 is 0 Å². The predicted molar refractivity (Wildman–Crippen MR) is 256 cm³/mol. The Balaban J connectivity index is 1.11. The molecule has 2 nitrogen and oxygen atoms in total. The molecule has 258 valence electrons. The van der Waals surface area contributed by atoms with E-state index in [4.69, 9.17) is 4.98 Å². The third-order valence-corrected chi connectivity index (χ3v) is 12.4. The quantitative estimate of drug-likeness (QED) is 0.191. The number of benzene rings is 9. The Labute approximate surface area is 332 Å². The van der Waals surface area contributed by atoms with Gasteiger partial charge in [0.1, 0.15) is 45.1 Å². The van der Waals surface area contributed by atoms with Crippen LogP contribution in [0, 0.1) is 0 Å². The maximum absolute atomic E-state index is 5.20.